The first-order chi connectivity index (χ1) is 10.7. The molecule has 1 aromatic carbocycles. The monoisotopic (exact) mass is 323 g/mol. The summed E-state index contributed by atoms with van der Waals surface area (Å²) in [7, 11) is 0. The lowest BCUT2D eigenvalue weighted by Gasteiger charge is -2.10. The molecule has 1 aromatic heterocycles. The smallest absolute Gasteiger partial charge is 0.191 e. The molecule has 6 heteroatoms. The minimum atomic E-state index is -0.419. The van der Waals surface area contributed by atoms with Crippen molar-refractivity contribution in [1.29, 1.82) is 0 Å². The van der Waals surface area contributed by atoms with Crippen molar-refractivity contribution in [3.8, 4) is 0 Å². The van der Waals surface area contributed by atoms with Gasteiger partial charge in [0.15, 0.2) is 5.96 Å². The highest BCUT2D eigenvalue weighted by molar-refractivity contribution is 6.30. The summed E-state index contributed by atoms with van der Waals surface area (Å²) in [6, 6.07) is 8.42. The van der Waals surface area contributed by atoms with E-state index in [4.69, 9.17) is 16.0 Å². The van der Waals surface area contributed by atoms with Crippen LogP contribution in [0.1, 0.15) is 18.2 Å². The Morgan fingerprint density at radius 2 is 2.18 bits per heavy atom. The third-order valence-corrected chi connectivity index (χ3v) is 3.28. The summed E-state index contributed by atoms with van der Waals surface area (Å²) >= 11 is 5.77. The van der Waals surface area contributed by atoms with Crippen molar-refractivity contribution in [2.45, 2.75) is 19.9 Å². The number of halogens is 2. The van der Waals surface area contributed by atoms with E-state index in [1.165, 1.54) is 6.07 Å². The van der Waals surface area contributed by atoms with Crippen LogP contribution in [0.2, 0.25) is 5.02 Å². The molecular weight excluding hydrogens is 305 g/mol. The van der Waals surface area contributed by atoms with E-state index in [1.54, 1.807) is 18.4 Å². The van der Waals surface area contributed by atoms with Crippen LogP contribution in [-0.2, 0) is 13.0 Å². The Hall–Kier alpha value is -2.01. The molecule has 0 bridgehead atoms. The van der Waals surface area contributed by atoms with Gasteiger partial charge in [-0.15, -0.1) is 0 Å². The second kappa shape index (κ2) is 8.44. The maximum absolute atomic E-state index is 13.1. The van der Waals surface area contributed by atoms with Crippen LogP contribution in [0.4, 0.5) is 4.39 Å². The van der Waals surface area contributed by atoms with Gasteiger partial charge in [-0.3, -0.25) is 0 Å². The summed E-state index contributed by atoms with van der Waals surface area (Å²) in [6.45, 7) is 3.90. The Balaban J connectivity index is 1.89. The van der Waals surface area contributed by atoms with Gasteiger partial charge in [0.25, 0.3) is 0 Å². The average molecular weight is 324 g/mol. The van der Waals surface area contributed by atoms with Crippen LogP contribution in [0.3, 0.4) is 0 Å². The van der Waals surface area contributed by atoms with Crippen molar-refractivity contribution in [2.75, 3.05) is 13.1 Å². The number of aliphatic imine (C=N–C) groups is 1. The molecule has 0 amide bonds. The van der Waals surface area contributed by atoms with Gasteiger partial charge >= 0.3 is 0 Å². The Bertz CT molecular complexity index is 614. The maximum Gasteiger partial charge on any atom is 0.191 e. The minimum Gasteiger partial charge on any atom is -0.469 e. The molecule has 118 valence electrons. The third kappa shape index (κ3) is 5.07. The highest BCUT2D eigenvalue weighted by atomic mass is 35.5. The quantitative estimate of drug-likeness (QED) is 0.633. The van der Waals surface area contributed by atoms with Crippen molar-refractivity contribution in [2.24, 2.45) is 4.99 Å². The molecule has 0 saturated carbocycles. The van der Waals surface area contributed by atoms with Crippen molar-refractivity contribution < 1.29 is 8.81 Å². The van der Waals surface area contributed by atoms with Gasteiger partial charge in [0.2, 0.25) is 0 Å². The van der Waals surface area contributed by atoms with Crippen molar-refractivity contribution in [3.63, 3.8) is 0 Å². The lowest BCUT2D eigenvalue weighted by molar-refractivity contribution is 0.507. The van der Waals surface area contributed by atoms with Gasteiger partial charge in [-0.05, 0) is 36.8 Å². The minimum absolute atomic E-state index is 0.114. The zero-order chi connectivity index (χ0) is 15.8. The summed E-state index contributed by atoms with van der Waals surface area (Å²) in [5.41, 5.74) is 0.856. The Morgan fingerprint density at radius 1 is 1.32 bits per heavy atom. The molecule has 2 aromatic rings. The summed E-state index contributed by atoms with van der Waals surface area (Å²) in [4.78, 5) is 4.46. The maximum atomic E-state index is 13.1. The largest absolute Gasteiger partial charge is 0.469 e. The Morgan fingerprint density at radius 3 is 2.86 bits per heavy atom. The molecule has 0 saturated heterocycles. The molecule has 0 spiro atoms. The van der Waals surface area contributed by atoms with Crippen LogP contribution < -0.4 is 10.6 Å². The fourth-order valence-corrected chi connectivity index (χ4v) is 2.11. The number of hydrogen-bond acceptors (Lipinski definition) is 2. The Labute approximate surface area is 134 Å². The molecule has 0 aliphatic heterocycles. The number of guanidine groups is 1. The van der Waals surface area contributed by atoms with Crippen LogP contribution in [-0.4, -0.2) is 19.0 Å². The van der Waals surface area contributed by atoms with Crippen LogP contribution >= 0.6 is 11.6 Å². The number of furan rings is 1. The van der Waals surface area contributed by atoms with Crippen molar-refractivity contribution in [1.82, 2.24) is 10.6 Å². The van der Waals surface area contributed by atoms with Gasteiger partial charge in [-0.25, -0.2) is 9.38 Å². The first-order valence-electron chi connectivity index (χ1n) is 7.17. The highest BCUT2D eigenvalue weighted by Gasteiger charge is 2.02. The lowest BCUT2D eigenvalue weighted by Crippen LogP contribution is -2.38. The summed E-state index contributed by atoms with van der Waals surface area (Å²) in [6.07, 6.45) is 2.44. The van der Waals surface area contributed by atoms with E-state index in [-0.39, 0.29) is 5.02 Å². The van der Waals surface area contributed by atoms with E-state index >= 15 is 0 Å². The van der Waals surface area contributed by atoms with E-state index in [0.29, 0.717) is 19.0 Å². The van der Waals surface area contributed by atoms with E-state index in [0.717, 1.165) is 24.3 Å². The molecule has 2 rings (SSSR count). The van der Waals surface area contributed by atoms with E-state index in [9.17, 15) is 4.39 Å². The standard InChI is InChI=1S/C16H19ClFN3O/c1-2-19-16(20-8-7-13-4-3-9-22-13)21-11-12-5-6-15(18)14(17)10-12/h3-6,9-10H,2,7-8,11H2,1H3,(H2,19,20,21). The number of nitrogens with one attached hydrogen (secondary N) is 2. The lowest BCUT2D eigenvalue weighted by atomic mass is 10.2. The highest BCUT2D eigenvalue weighted by Crippen LogP contribution is 2.16. The molecule has 4 nitrogen and oxygen atoms in total. The van der Waals surface area contributed by atoms with Gasteiger partial charge in [0.1, 0.15) is 11.6 Å². The predicted molar refractivity (Wildman–Crippen MR) is 86.6 cm³/mol. The molecule has 0 fully saturated rings. The van der Waals surface area contributed by atoms with E-state index in [1.807, 2.05) is 19.1 Å². The third-order valence-electron chi connectivity index (χ3n) is 2.99. The SMILES string of the molecule is CCNC(=NCc1ccc(F)c(Cl)c1)NCCc1ccco1. The van der Waals surface area contributed by atoms with Crippen LogP contribution in [0, 0.1) is 5.82 Å². The van der Waals surface area contributed by atoms with Gasteiger partial charge in [-0.2, -0.15) is 0 Å². The van der Waals surface area contributed by atoms with Crippen LogP contribution in [0.5, 0.6) is 0 Å². The molecule has 0 aliphatic carbocycles. The van der Waals surface area contributed by atoms with E-state index in [2.05, 4.69) is 15.6 Å². The van der Waals surface area contributed by atoms with Crippen molar-refractivity contribution >= 4 is 17.6 Å². The fraction of sp³-hybridized carbons (Fsp3) is 0.312. The molecule has 0 atom stereocenters. The molecular formula is C16H19ClFN3O. The summed E-state index contributed by atoms with van der Waals surface area (Å²) in [5.74, 6) is 1.21. The van der Waals surface area contributed by atoms with Crippen molar-refractivity contribution in [3.05, 3.63) is 58.8 Å². The topological polar surface area (TPSA) is 49.6 Å². The normalized spacial score (nSPS) is 11.5. The second-order valence-electron chi connectivity index (χ2n) is 4.70. The predicted octanol–water partition coefficient (Wildman–Crippen LogP) is 3.37. The summed E-state index contributed by atoms with van der Waals surface area (Å²) in [5, 5.41) is 6.50. The first kappa shape index (κ1) is 16.4. The molecule has 0 radical (unpaired) electrons. The number of benzene rings is 1. The van der Waals surface area contributed by atoms with Gasteiger partial charge in [-0.1, -0.05) is 17.7 Å². The van der Waals surface area contributed by atoms with Crippen LogP contribution in [0.15, 0.2) is 46.0 Å². The average Bonchev–Trinajstić information content (AvgIpc) is 3.01. The van der Waals surface area contributed by atoms with E-state index < -0.39 is 5.82 Å². The van der Waals surface area contributed by atoms with Gasteiger partial charge in [0.05, 0.1) is 17.8 Å². The molecule has 2 N–H and O–H groups in total. The number of hydrogen-bond donors (Lipinski definition) is 2. The molecule has 1 heterocycles. The Kier molecular flexibility index (Phi) is 6.27. The van der Waals surface area contributed by atoms with Crippen LogP contribution in [0.25, 0.3) is 0 Å². The first-order valence-corrected chi connectivity index (χ1v) is 7.55. The van der Waals surface area contributed by atoms with Gasteiger partial charge in [0, 0.05) is 19.5 Å². The fourth-order valence-electron chi connectivity index (χ4n) is 1.91. The number of rotatable bonds is 6. The summed E-state index contributed by atoms with van der Waals surface area (Å²) < 4.78 is 18.4. The molecule has 0 aliphatic rings. The number of nitrogens with zero attached hydrogens (tertiary/aromatic N) is 1. The zero-order valence-corrected chi connectivity index (χ0v) is 13.2. The molecule has 22 heavy (non-hydrogen) atoms. The zero-order valence-electron chi connectivity index (χ0n) is 12.4. The second-order valence-corrected chi connectivity index (χ2v) is 5.11. The molecule has 0 unspecified atom stereocenters. The van der Waals surface area contributed by atoms with Gasteiger partial charge < -0.3 is 15.1 Å².